The first-order chi connectivity index (χ1) is 23.4. The minimum Gasteiger partial charge on any atom is -0.504 e. The molecule has 8 rings (SSSR count). The maximum atomic E-state index is 14.9. The Morgan fingerprint density at radius 2 is 1.86 bits per heavy atom. The number of fused-ring (bicyclic) bond motifs is 5. The monoisotopic (exact) mass is 700 g/mol. The summed E-state index contributed by atoms with van der Waals surface area (Å²) in [5.74, 6) is -5.98. The van der Waals surface area contributed by atoms with Crippen LogP contribution in [0.3, 0.4) is 0 Å². The van der Waals surface area contributed by atoms with Crippen LogP contribution in [0.25, 0.3) is 20.7 Å². The highest BCUT2D eigenvalue weighted by Crippen LogP contribution is 2.64. The van der Waals surface area contributed by atoms with E-state index in [9.17, 15) is 29.5 Å². The summed E-state index contributed by atoms with van der Waals surface area (Å²) in [4.78, 5) is 57.8. The molecule has 3 fully saturated rings. The van der Waals surface area contributed by atoms with Crippen LogP contribution in [0, 0.1) is 36.0 Å². The van der Waals surface area contributed by atoms with Gasteiger partial charge in [-0.25, -0.2) is 4.90 Å². The number of hydrogen-bond donors (Lipinski definition) is 2. The lowest BCUT2D eigenvalue weighted by atomic mass is 9.51. The second kappa shape index (κ2) is 11.0. The van der Waals surface area contributed by atoms with Crippen LogP contribution >= 0.6 is 22.9 Å². The van der Waals surface area contributed by atoms with Crippen molar-refractivity contribution < 1.29 is 34.2 Å². The van der Waals surface area contributed by atoms with Gasteiger partial charge in [-0.3, -0.25) is 29.1 Å². The third-order valence-corrected chi connectivity index (χ3v) is 12.6. The number of amides is 4. The Hall–Kier alpha value is -4.52. The van der Waals surface area contributed by atoms with Gasteiger partial charge in [-0.2, -0.15) is 10.2 Å². The Morgan fingerprint density at radius 1 is 1.08 bits per heavy atom. The number of aryl methyl sites for hydroxylation is 2. The molecule has 4 heterocycles. The van der Waals surface area contributed by atoms with Gasteiger partial charge >= 0.3 is 0 Å². The summed E-state index contributed by atoms with van der Waals surface area (Å²) in [7, 11) is 1.68. The van der Waals surface area contributed by atoms with Crippen LogP contribution in [0.2, 0.25) is 5.02 Å². The zero-order valence-corrected chi connectivity index (χ0v) is 28.7. The fraction of sp³-hybridized carbons (Fsp3) is 0.361. The highest BCUT2D eigenvalue weighted by Gasteiger charge is 2.68. The van der Waals surface area contributed by atoms with Crippen LogP contribution in [0.5, 0.6) is 11.5 Å². The van der Waals surface area contributed by atoms with E-state index in [1.807, 2.05) is 31.2 Å². The van der Waals surface area contributed by atoms with E-state index in [4.69, 9.17) is 21.4 Å². The van der Waals surface area contributed by atoms with E-state index in [0.717, 1.165) is 20.5 Å². The van der Waals surface area contributed by atoms with Crippen molar-refractivity contribution in [2.75, 3.05) is 11.5 Å². The van der Waals surface area contributed by atoms with Crippen LogP contribution in [-0.4, -0.2) is 55.4 Å². The number of hydroxylamine groups is 2. The molecule has 0 bridgehead atoms. The van der Waals surface area contributed by atoms with Gasteiger partial charge in [0, 0.05) is 34.3 Å². The molecule has 0 radical (unpaired) electrons. The predicted molar refractivity (Wildman–Crippen MR) is 181 cm³/mol. The lowest BCUT2D eigenvalue weighted by molar-refractivity contribution is -0.173. The fourth-order valence-corrected chi connectivity index (χ4v) is 10.1. The quantitative estimate of drug-likeness (QED) is 0.147. The fourth-order valence-electron chi connectivity index (χ4n) is 8.82. The number of imide groups is 2. The Labute approximate surface area is 290 Å². The number of aromatic nitrogens is 2. The molecule has 0 spiro atoms. The van der Waals surface area contributed by atoms with E-state index in [1.165, 1.54) is 9.58 Å². The summed E-state index contributed by atoms with van der Waals surface area (Å²) in [5, 5.41) is 28.5. The lowest BCUT2D eigenvalue weighted by Gasteiger charge is -2.49. The van der Waals surface area contributed by atoms with Crippen LogP contribution in [0.1, 0.15) is 43.7 Å². The third-order valence-electron chi connectivity index (χ3n) is 11.1. The standard InChI is InChI=1S/C36H33ClN4O7S/c1-5-48-25-8-6-7-20(30(25)42)29-18-10-11-19-28(34(45)41(47)32(19)43)22(18)14-23-33(44)40(35(46)36(23,29)3)27-15-24(38-39(27)4)31-16(2)21-13-17(37)9-12-26(21)49-31/h6-10,12-13,15,19,22-23,28-29,42,47H,5,11,14H2,1-4H3. The van der Waals surface area contributed by atoms with Crippen LogP contribution in [0.4, 0.5) is 5.82 Å². The van der Waals surface area contributed by atoms with Gasteiger partial charge in [0.25, 0.3) is 11.8 Å². The number of thiophene rings is 1. The van der Waals surface area contributed by atoms with Crippen LogP contribution in [0.15, 0.2) is 54.1 Å². The van der Waals surface area contributed by atoms with E-state index in [-0.39, 0.29) is 29.4 Å². The largest absolute Gasteiger partial charge is 0.504 e. The molecule has 11 nitrogen and oxygen atoms in total. The average Bonchev–Trinajstić information content (AvgIpc) is 3.73. The number of anilines is 1. The number of para-hydroxylation sites is 1. The molecule has 4 amide bonds. The molecule has 6 atom stereocenters. The van der Waals surface area contributed by atoms with Crippen LogP contribution < -0.4 is 9.64 Å². The number of allylic oxidation sites excluding steroid dienone is 2. The first-order valence-electron chi connectivity index (χ1n) is 16.2. The highest BCUT2D eigenvalue weighted by atomic mass is 35.5. The number of benzene rings is 2. The van der Waals surface area contributed by atoms with Crippen molar-refractivity contribution >= 4 is 62.5 Å². The molecule has 4 aliphatic rings. The maximum Gasteiger partial charge on any atom is 0.257 e. The van der Waals surface area contributed by atoms with E-state index in [1.54, 1.807) is 56.5 Å². The van der Waals surface area contributed by atoms with Crippen molar-refractivity contribution in [1.82, 2.24) is 14.8 Å². The lowest BCUT2D eigenvalue weighted by Crippen LogP contribution is -2.48. The van der Waals surface area contributed by atoms with E-state index in [0.29, 0.717) is 34.3 Å². The number of ether oxygens (including phenoxy) is 1. The first-order valence-corrected chi connectivity index (χ1v) is 17.4. The predicted octanol–water partition coefficient (Wildman–Crippen LogP) is 5.99. The van der Waals surface area contributed by atoms with Crippen molar-refractivity contribution in [3.05, 3.63) is 70.3 Å². The Bertz CT molecular complexity index is 2170. The summed E-state index contributed by atoms with van der Waals surface area (Å²) >= 11 is 7.83. The molecule has 2 aromatic carbocycles. The van der Waals surface area contributed by atoms with Crippen molar-refractivity contribution in [2.45, 2.75) is 39.5 Å². The van der Waals surface area contributed by atoms with Gasteiger partial charge in [-0.15, -0.1) is 11.3 Å². The molecule has 6 unspecified atom stereocenters. The number of aromatic hydroxyl groups is 1. The molecule has 252 valence electrons. The SMILES string of the molecule is CCOc1cccc(C2C3=CCC4C(=O)N(O)C(=O)C4C3CC3C(=O)N(c4cc(-c5sc6ccc(Cl)cc6c5C)nn4C)C(=O)C32C)c1O. The third kappa shape index (κ3) is 4.26. The van der Waals surface area contributed by atoms with Gasteiger partial charge in [-0.1, -0.05) is 35.4 Å². The molecule has 2 aliphatic carbocycles. The average molecular weight is 701 g/mol. The van der Waals surface area contributed by atoms with E-state index < -0.39 is 58.6 Å². The molecule has 1 saturated carbocycles. The molecule has 2 N–H and O–H groups in total. The van der Waals surface area contributed by atoms with Gasteiger partial charge < -0.3 is 9.84 Å². The summed E-state index contributed by atoms with van der Waals surface area (Å²) < 4.78 is 8.27. The number of halogens is 1. The number of phenolic OH excluding ortho intramolecular Hbond substituents is 1. The molecule has 2 aliphatic heterocycles. The Kier molecular flexibility index (Phi) is 7.12. The number of rotatable bonds is 5. The van der Waals surface area contributed by atoms with E-state index in [2.05, 4.69) is 0 Å². The number of phenols is 1. The van der Waals surface area contributed by atoms with Crippen molar-refractivity contribution in [1.29, 1.82) is 0 Å². The first kappa shape index (κ1) is 31.7. The zero-order valence-electron chi connectivity index (χ0n) is 27.1. The molecule has 4 aromatic rings. The minimum absolute atomic E-state index is 0.112. The number of carbonyl (C=O) groups is 4. The molecule has 49 heavy (non-hydrogen) atoms. The number of nitrogens with zero attached hydrogens (tertiary/aromatic N) is 4. The van der Waals surface area contributed by atoms with E-state index >= 15 is 0 Å². The Morgan fingerprint density at radius 3 is 2.61 bits per heavy atom. The van der Waals surface area contributed by atoms with Crippen molar-refractivity contribution in [2.24, 2.45) is 36.1 Å². The summed E-state index contributed by atoms with van der Waals surface area (Å²) in [6, 6.07) is 12.5. The molecule has 2 saturated heterocycles. The van der Waals surface area contributed by atoms with Gasteiger partial charge in [0.15, 0.2) is 11.5 Å². The highest BCUT2D eigenvalue weighted by molar-refractivity contribution is 7.22. The minimum atomic E-state index is -1.38. The van der Waals surface area contributed by atoms with Gasteiger partial charge in [0.1, 0.15) is 11.5 Å². The van der Waals surface area contributed by atoms with Gasteiger partial charge in [0.05, 0.1) is 34.7 Å². The molecule has 2 aromatic heterocycles. The van der Waals surface area contributed by atoms with Crippen LogP contribution in [-0.2, 0) is 26.2 Å². The molecular formula is C36H33ClN4O7S. The normalized spacial score (nSPS) is 27.9. The van der Waals surface area contributed by atoms with Crippen molar-refractivity contribution in [3.8, 4) is 22.1 Å². The maximum absolute atomic E-state index is 14.9. The second-order valence-electron chi connectivity index (χ2n) is 13.5. The molecular weight excluding hydrogens is 668 g/mol. The number of hydrogen-bond acceptors (Lipinski definition) is 9. The summed E-state index contributed by atoms with van der Waals surface area (Å²) in [6.07, 6.45) is 2.15. The number of carbonyl (C=O) groups excluding carboxylic acids is 4. The second-order valence-corrected chi connectivity index (χ2v) is 15.0. The summed E-state index contributed by atoms with van der Waals surface area (Å²) in [5.41, 5.74) is 1.28. The Balaban J connectivity index is 1.27. The zero-order chi connectivity index (χ0) is 34.7. The van der Waals surface area contributed by atoms with Crippen molar-refractivity contribution in [3.63, 3.8) is 0 Å². The smallest absolute Gasteiger partial charge is 0.257 e. The van der Waals surface area contributed by atoms with Gasteiger partial charge in [0.2, 0.25) is 11.8 Å². The topological polar surface area (TPSA) is 142 Å². The summed E-state index contributed by atoms with van der Waals surface area (Å²) in [6.45, 7) is 5.82. The molecule has 13 heteroatoms. The van der Waals surface area contributed by atoms with Gasteiger partial charge in [-0.05, 0) is 74.7 Å².